The highest BCUT2D eigenvalue weighted by Gasteiger charge is 2.26. The molecule has 0 saturated heterocycles. The average molecular weight is 404 g/mol. The molecule has 0 radical (unpaired) electrons. The molecule has 0 atom stereocenters. The van der Waals surface area contributed by atoms with E-state index in [1.54, 1.807) is 36.2 Å². The highest BCUT2D eigenvalue weighted by atomic mass is 32.2. The van der Waals surface area contributed by atoms with E-state index in [2.05, 4.69) is 25.6 Å². The van der Waals surface area contributed by atoms with Gasteiger partial charge in [-0.1, -0.05) is 36.0 Å². The van der Waals surface area contributed by atoms with Crippen molar-refractivity contribution in [2.45, 2.75) is 0 Å². The molecule has 2 N–H and O–H groups in total. The van der Waals surface area contributed by atoms with Crippen molar-refractivity contribution in [1.82, 2.24) is 9.88 Å². The van der Waals surface area contributed by atoms with Crippen LogP contribution in [0.4, 0.5) is 10.1 Å². The van der Waals surface area contributed by atoms with Crippen molar-refractivity contribution in [3.63, 3.8) is 0 Å². The maximum Gasteiger partial charge on any atom is 0.272 e. The van der Waals surface area contributed by atoms with E-state index < -0.39 is 0 Å². The molecule has 0 fully saturated rings. The predicted octanol–water partition coefficient (Wildman–Crippen LogP) is 4.79. The minimum absolute atomic E-state index is 0.226. The van der Waals surface area contributed by atoms with E-state index in [0.717, 1.165) is 46.3 Å². The van der Waals surface area contributed by atoms with Gasteiger partial charge in [0.15, 0.2) is 5.17 Å². The van der Waals surface area contributed by atoms with Crippen LogP contribution in [0.2, 0.25) is 0 Å². The fraction of sp³-hybridized carbons (Fsp3) is 0.0909. The van der Waals surface area contributed by atoms with Crippen molar-refractivity contribution in [2.75, 3.05) is 18.4 Å². The Balaban J connectivity index is 1.28. The lowest BCUT2D eigenvalue weighted by molar-refractivity contribution is 0.102. The second kappa shape index (κ2) is 7.25. The van der Waals surface area contributed by atoms with Gasteiger partial charge in [-0.15, -0.1) is 0 Å². The smallest absolute Gasteiger partial charge is 0.272 e. The molecule has 2 aliphatic rings. The number of thioether (sulfide) groups is 1. The average Bonchev–Trinajstić information content (AvgIpc) is 3.46. The Labute approximate surface area is 171 Å². The number of aromatic amines is 1. The highest BCUT2D eigenvalue weighted by molar-refractivity contribution is 8.16. The lowest BCUT2D eigenvalue weighted by atomic mass is 10.1. The molecule has 1 amide bonds. The second-order valence-electron chi connectivity index (χ2n) is 6.78. The number of benzene rings is 2. The van der Waals surface area contributed by atoms with Crippen molar-refractivity contribution in [3.05, 3.63) is 83.3 Å². The molecule has 5 nitrogen and oxygen atoms in total. The Morgan fingerprint density at radius 2 is 1.83 bits per heavy atom. The SMILES string of the molecule is O=C(Nc1ccc(C2=CSC3=NCCN23)cc1)c1cc(-c2ccc(F)cc2)c[nH]1. The fourth-order valence-corrected chi connectivity index (χ4v) is 4.37. The number of aliphatic imine (C=N–C) groups is 1. The number of H-pyrrole nitrogens is 1. The van der Waals surface area contributed by atoms with Crippen LogP contribution in [0, 0.1) is 5.82 Å². The zero-order valence-electron chi connectivity index (χ0n) is 15.4. The summed E-state index contributed by atoms with van der Waals surface area (Å²) < 4.78 is 13.1. The number of hydrogen-bond donors (Lipinski definition) is 2. The van der Waals surface area contributed by atoms with Crippen molar-refractivity contribution in [1.29, 1.82) is 0 Å². The molecule has 0 aliphatic carbocycles. The minimum atomic E-state index is -0.286. The van der Waals surface area contributed by atoms with Gasteiger partial charge in [0.1, 0.15) is 11.5 Å². The lowest BCUT2D eigenvalue weighted by Crippen LogP contribution is -2.19. The number of nitrogens with zero attached hydrogens (tertiary/aromatic N) is 2. The number of nitrogens with one attached hydrogen (secondary N) is 2. The van der Waals surface area contributed by atoms with E-state index >= 15 is 0 Å². The first-order valence-electron chi connectivity index (χ1n) is 9.22. The summed E-state index contributed by atoms with van der Waals surface area (Å²) >= 11 is 1.65. The van der Waals surface area contributed by atoms with Gasteiger partial charge in [0.25, 0.3) is 5.91 Å². The summed E-state index contributed by atoms with van der Waals surface area (Å²) in [5, 5.41) is 6.07. The molecule has 7 heteroatoms. The molecule has 2 aliphatic heterocycles. The van der Waals surface area contributed by atoms with E-state index in [1.807, 2.05) is 24.3 Å². The Morgan fingerprint density at radius 3 is 2.62 bits per heavy atom. The summed E-state index contributed by atoms with van der Waals surface area (Å²) in [5.74, 6) is -0.512. The number of amidine groups is 1. The molecule has 1 aromatic heterocycles. The molecule has 144 valence electrons. The molecule has 0 saturated carbocycles. The number of hydrogen-bond acceptors (Lipinski definition) is 4. The monoisotopic (exact) mass is 404 g/mol. The van der Waals surface area contributed by atoms with E-state index in [0.29, 0.717) is 5.69 Å². The Bertz CT molecular complexity index is 1130. The summed E-state index contributed by atoms with van der Waals surface area (Å²) in [7, 11) is 0. The lowest BCUT2D eigenvalue weighted by Gasteiger charge is -2.16. The van der Waals surface area contributed by atoms with Gasteiger partial charge in [-0.3, -0.25) is 9.79 Å². The van der Waals surface area contributed by atoms with Crippen LogP contribution in [-0.4, -0.2) is 34.0 Å². The number of halogens is 1. The number of amides is 1. The topological polar surface area (TPSA) is 60.5 Å². The van der Waals surface area contributed by atoms with Crippen LogP contribution in [0.15, 0.2) is 71.2 Å². The number of rotatable bonds is 4. The molecule has 2 aromatic carbocycles. The quantitative estimate of drug-likeness (QED) is 0.657. The molecular formula is C22H17FN4OS. The van der Waals surface area contributed by atoms with Crippen LogP contribution in [0.3, 0.4) is 0 Å². The van der Waals surface area contributed by atoms with Crippen molar-refractivity contribution in [2.24, 2.45) is 4.99 Å². The number of anilines is 1. The summed E-state index contributed by atoms with van der Waals surface area (Å²) in [6, 6.07) is 15.7. The molecule has 3 heterocycles. The van der Waals surface area contributed by atoms with Crippen molar-refractivity contribution in [3.8, 4) is 11.1 Å². The molecule has 0 bridgehead atoms. The van der Waals surface area contributed by atoms with Crippen molar-refractivity contribution >= 4 is 34.2 Å². The first-order valence-corrected chi connectivity index (χ1v) is 10.1. The van der Waals surface area contributed by atoms with Gasteiger partial charge in [-0.2, -0.15) is 0 Å². The van der Waals surface area contributed by atoms with Gasteiger partial charge in [0, 0.05) is 23.8 Å². The normalized spacial score (nSPS) is 15.1. The number of fused-ring (bicyclic) bond motifs is 1. The maximum atomic E-state index is 13.1. The highest BCUT2D eigenvalue weighted by Crippen LogP contribution is 2.35. The minimum Gasteiger partial charge on any atom is -0.357 e. The molecule has 0 unspecified atom stereocenters. The van der Waals surface area contributed by atoms with Gasteiger partial charge >= 0.3 is 0 Å². The van der Waals surface area contributed by atoms with Crippen molar-refractivity contribution < 1.29 is 9.18 Å². The predicted molar refractivity (Wildman–Crippen MR) is 115 cm³/mol. The zero-order chi connectivity index (χ0) is 19.8. The number of carbonyl (C=O) groups excluding carboxylic acids is 1. The Kier molecular flexibility index (Phi) is 4.44. The van der Waals surface area contributed by atoms with Gasteiger partial charge in [-0.05, 0) is 47.0 Å². The van der Waals surface area contributed by atoms with Gasteiger partial charge in [0.2, 0.25) is 0 Å². The van der Waals surface area contributed by atoms with Crippen LogP contribution in [-0.2, 0) is 0 Å². The number of aromatic nitrogens is 1. The fourth-order valence-electron chi connectivity index (χ4n) is 3.40. The third kappa shape index (κ3) is 3.45. The number of carbonyl (C=O) groups is 1. The van der Waals surface area contributed by atoms with E-state index in [-0.39, 0.29) is 11.7 Å². The van der Waals surface area contributed by atoms with E-state index in [1.165, 1.54) is 12.1 Å². The summed E-state index contributed by atoms with van der Waals surface area (Å²) in [6.07, 6.45) is 1.74. The zero-order valence-corrected chi connectivity index (χ0v) is 16.2. The van der Waals surface area contributed by atoms with E-state index in [9.17, 15) is 9.18 Å². The van der Waals surface area contributed by atoms with Crippen LogP contribution in [0.1, 0.15) is 16.1 Å². The Hall–Kier alpha value is -3.32. The van der Waals surface area contributed by atoms with Crippen LogP contribution < -0.4 is 5.32 Å². The third-order valence-electron chi connectivity index (χ3n) is 4.91. The maximum absolute atomic E-state index is 13.1. The summed E-state index contributed by atoms with van der Waals surface area (Å²) in [4.78, 5) is 22.2. The first-order chi connectivity index (χ1) is 14.2. The molecule has 29 heavy (non-hydrogen) atoms. The van der Waals surface area contributed by atoms with Crippen LogP contribution >= 0.6 is 11.8 Å². The van der Waals surface area contributed by atoms with Crippen LogP contribution in [0.25, 0.3) is 16.8 Å². The summed E-state index contributed by atoms with van der Waals surface area (Å²) in [6.45, 7) is 1.75. The molecule has 5 rings (SSSR count). The summed E-state index contributed by atoms with van der Waals surface area (Å²) in [5.41, 5.74) is 5.09. The Morgan fingerprint density at radius 1 is 1.07 bits per heavy atom. The molecule has 0 spiro atoms. The molecule has 3 aromatic rings. The van der Waals surface area contributed by atoms with Gasteiger partial charge < -0.3 is 15.2 Å². The second-order valence-corrected chi connectivity index (χ2v) is 7.61. The van der Waals surface area contributed by atoms with Crippen LogP contribution in [0.5, 0.6) is 0 Å². The third-order valence-corrected chi connectivity index (χ3v) is 5.81. The standard InChI is InChI=1S/C22H17FN4OS/c23-17-5-1-14(2-6-17)16-11-19(25-12-16)21(28)26-18-7-3-15(4-8-18)20-13-29-22-24-9-10-27(20)22/h1-8,11-13,25H,9-10H2,(H,26,28). The molecular weight excluding hydrogens is 387 g/mol. The largest absolute Gasteiger partial charge is 0.357 e. The van der Waals surface area contributed by atoms with Gasteiger partial charge in [0.05, 0.1) is 12.2 Å². The first kappa shape index (κ1) is 17.8. The van der Waals surface area contributed by atoms with E-state index in [4.69, 9.17) is 0 Å². The van der Waals surface area contributed by atoms with Gasteiger partial charge in [-0.25, -0.2) is 4.39 Å².